The van der Waals surface area contributed by atoms with Gasteiger partial charge in [-0.2, -0.15) is 23.3 Å². The number of piperidine rings is 1. The van der Waals surface area contributed by atoms with Crippen molar-refractivity contribution in [2.75, 3.05) is 24.4 Å². The number of benzene rings is 1. The molecule has 1 aromatic carbocycles. The van der Waals surface area contributed by atoms with E-state index in [1.165, 1.54) is 0 Å². The topological polar surface area (TPSA) is 91.8 Å². The molecule has 38 heavy (non-hydrogen) atoms. The van der Waals surface area contributed by atoms with Crippen LogP contribution in [0.3, 0.4) is 0 Å². The summed E-state index contributed by atoms with van der Waals surface area (Å²) in [6.45, 7) is 7.04. The van der Waals surface area contributed by atoms with Gasteiger partial charge in [0.25, 0.3) is 0 Å². The summed E-state index contributed by atoms with van der Waals surface area (Å²) in [4.78, 5) is 15.7. The fourth-order valence-electron chi connectivity index (χ4n) is 4.23. The highest BCUT2D eigenvalue weighted by atomic mass is 35.5. The van der Waals surface area contributed by atoms with E-state index in [2.05, 4.69) is 36.7 Å². The summed E-state index contributed by atoms with van der Waals surface area (Å²) in [7, 11) is 0. The summed E-state index contributed by atoms with van der Waals surface area (Å²) in [6.07, 6.45) is -1.45. The minimum absolute atomic E-state index is 0.0506. The number of H-pyrrole nitrogens is 1. The van der Waals surface area contributed by atoms with Gasteiger partial charge in [0.2, 0.25) is 5.88 Å². The number of hydrogen-bond donors (Lipinski definition) is 2. The molecule has 1 aliphatic rings. The fourth-order valence-corrected chi connectivity index (χ4v) is 5.21. The van der Waals surface area contributed by atoms with Crippen LogP contribution >= 0.6 is 23.5 Å². The van der Waals surface area contributed by atoms with E-state index in [0.29, 0.717) is 33.6 Å². The lowest BCUT2D eigenvalue weighted by Gasteiger charge is -2.31. The Labute approximate surface area is 226 Å². The molecule has 200 valence electrons. The normalized spacial score (nSPS) is 15.2. The number of nitrogens with one attached hydrogen (secondary N) is 2. The molecule has 5 rings (SSSR count). The maximum atomic E-state index is 13.0. The molecule has 2 N–H and O–H groups in total. The van der Waals surface area contributed by atoms with Crippen LogP contribution in [-0.4, -0.2) is 55.8 Å². The van der Waals surface area contributed by atoms with Crippen LogP contribution in [0.15, 0.2) is 41.6 Å². The van der Waals surface area contributed by atoms with Crippen molar-refractivity contribution in [2.24, 2.45) is 0 Å². The SMILES string of the molecule is CCN1CCC(Oc2nc(-c3ccc(NSc4cc(C(F)(F)F)ccn4)c(Cl)c3)nc3n[nH]c(C)c23)CC1. The smallest absolute Gasteiger partial charge is 0.416 e. The van der Waals surface area contributed by atoms with Gasteiger partial charge in [-0.3, -0.25) is 5.10 Å². The number of aromatic nitrogens is 5. The molecule has 0 saturated carbocycles. The summed E-state index contributed by atoms with van der Waals surface area (Å²) in [5.41, 5.74) is 1.71. The summed E-state index contributed by atoms with van der Waals surface area (Å²) in [5, 5.41) is 8.53. The van der Waals surface area contributed by atoms with Gasteiger partial charge >= 0.3 is 6.18 Å². The van der Waals surface area contributed by atoms with Gasteiger partial charge in [-0.15, -0.1) is 0 Å². The Morgan fingerprint density at radius 1 is 1.18 bits per heavy atom. The molecule has 0 aliphatic carbocycles. The number of ether oxygens (including phenoxy) is 1. The van der Waals surface area contributed by atoms with Crippen molar-refractivity contribution in [3.63, 3.8) is 0 Å². The lowest BCUT2D eigenvalue weighted by molar-refractivity contribution is -0.137. The van der Waals surface area contributed by atoms with E-state index in [1.54, 1.807) is 18.2 Å². The maximum Gasteiger partial charge on any atom is 0.416 e. The monoisotopic (exact) mass is 563 g/mol. The highest BCUT2D eigenvalue weighted by Crippen LogP contribution is 2.35. The molecule has 1 saturated heterocycles. The van der Waals surface area contributed by atoms with Crippen LogP contribution < -0.4 is 9.46 Å². The van der Waals surface area contributed by atoms with E-state index in [-0.39, 0.29) is 11.1 Å². The van der Waals surface area contributed by atoms with Crippen LogP contribution in [0, 0.1) is 6.92 Å². The van der Waals surface area contributed by atoms with Gasteiger partial charge in [0, 0.05) is 42.5 Å². The van der Waals surface area contributed by atoms with E-state index in [1.807, 2.05) is 6.92 Å². The van der Waals surface area contributed by atoms with Crippen molar-refractivity contribution in [2.45, 2.75) is 44.0 Å². The molecule has 0 amide bonds. The number of hydrogen-bond acceptors (Lipinski definition) is 8. The predicted molar refractivity (Wildman–Crippen MR) is 141 cm³/mol. The quantitative estimate of drug-likeness (QED) is 0.250. The zero-order chi connectivity index (χ0) is 26.9. The average molecular weight is 564 g/mol. The molecule has 13 heteroatoms. The minimum atomic E-state index is -4.44. The highest BCUT2D eigenvalue weighted by molar-refractivity contribution is 8.00. The van der Waals surface area contributed by atoms with E-state index >= 15 is 0 Å². The van der Waals surface area contributed by atoms with Gasteiger partial charge in [-0.05, 0) is 56.6 Å². The van der Waals surface area contributed by atoms with Gasteiger partial charge in [-0.1, -0.05) is 18.5 Å². The third-order valence-corrected chi connectivity index (χ3v) is 7.44. The molecule has 1 fully saturated rings. The first-order valence-electron chi connectivity index (χ1n) is 12.1. The summed E-state index contributed by atoms with van der Waals surface area (Å²) in [5.74, 6) is 0.890. The van der Waals surface area contributed by atoms with Crippen molar-refractivity contribution in [3.8, 4) is 17.3 Å². The Kier molecular flexibility index (Phi) is 7.64. The zero-order valence-corrected chi connectivity index (χ0v) is 22.2. The molecule has 0 unspecified atom stereocenters. The Hall–Kier alpha value is -3.09. The van der Waals surface area contributed by atoms with Crippen LogP contribution in [0.5, 0.6) is 5.88 Å². The first-order chi connectivity index (χ1) is 18.2. The van der Waals surface area contributed by atoms with Gasteiger partial charge in [0.1, 0.15) is 16.5 Å². The molecule has 4 aromatic rings. The third-order valence-electron chi connectivity index (χ3n) is 6.38. The van der Waals surface area contributed by atoms with E-state index in [0.717, 1.165) is 73.8 Å². The second-order valence-electron chi connectivity index (χ2n) is 8.93. The molecule has 0 bridgehead atoms. The largest absolute Gasteiger partial charge is 0.474 e. The van der Waals surface area contributed by atoms with Crippen LogP contribution in [-0.2, 0) is 6.18 Å². The number of anilines is 1. The lowest BCUT2D eigenvalue weighted by Crippen LogP contribution is -2.38. The number of rotatable bonds is 7. The Balaban J connectivity index is 1.36. The van der Waals surface area contributed by atoms with Crippen LogP contribution in [0.2, 0.25) is 5.02 Å². The summed E-state index contributed by atoms with van der Waals surface area (Å²) in [6, 6.07) is 7.08. The van der Waals surface area contributed by atoms with Gasteiger partial charge in [0.15, 0.2) is 11.5 Å². The second kappa shape index (κ2) is 11.0. The molecular weight excluding hydrogens is 539 g/mol. The molecular formula is C25H25ClF3N7OS. The second-order valence-corrected chi connectivity index (χ2v) is 10.2. The Morgan fingerprint density at radius 2 is 1.97 bits per heavy atom. The van der Waals surface area contributed by atoms with Crippen molar-refractivity contribution in [1.29, 1.82) is 0 Å². The molecule has 8 nitrogen and oxygen atoms in total. The third kappa shape index (κ3) is 5.82. The molecule has 0 spiro atoms. The average Bonchev–Trinajstić information content (AvgIpc) is 3.29. The molecule has 3 aromatic heterocycles. The first kappa shape index (κ1) is 26.5. The minimum Gasteiger partial charge on any atom is -0.474 e. The number of pyridine rings is 1. The van der Waals surface area contributed by atoms with Gasteiger partial charge < -0.3 is 14.4 Å². The molecule has 0 radical (unpaired) electrons. The number of fused-ring (bicyclic) bond motifs is 1. The first-order valence-corrected chi connectivity index (χ1v) is 13.3. The predicted octanol–water partition coefficient (Wildman–Crippen LogP) is 6.38. The zero-order valence-electron chi connectivity index (χ0n) is 20.6. The van der Waals surface area contributed by atoms with Crippen molar-refractivity contribution in [3.05, 3.63) is 52.8 Å². The fraction of sp³-hybridized carbons (Fsp3) is 0.360. The maximum absolute atomic E-state index is 13.0. The Morgan fingerprint density at radius 3 is 2.68 bits per heavy atom. The van der Waals surface area contributed by atoms with E-state index < -0.39 is 11.7 Å². The summed E-state index contributed by atoms with van der Waals surface area (Å²) < 4.78 is 48.3. The van der Waals surface area contributed by atoms with Crippen LogP contribution in [0.1, 0.15) is 31.0 Å². The number of aryl methyl sites for hydroxylation is 1. The number of halogens is 4. The van der Waals surface area contributed by atoms with Crippen molar-refractivity contribution < 1.29 is 17.9 Å². The van der Waals surface area contributed by atoms with Gasteiger partial charge in [0.05, 0.1) is 16.3 Å². The van der Waals surface area contributed by atoms with E-state index in [4.69, 9.17) is 21.3 Å². The van der Waals surface area contributed by atoms with Crippen LogP contribution in [0.4, 0.5) is 18.9 Å². The Bertz CT molecular complexity index is 1440. The number of nitrogens with zero attached hydrogens (tertiary/aromatic N) is 5. The standard InChI is InChI=1S/C25H25ClF3N7OS/c1-3-36-10-7-17(8-11-36)37-24-21-14(2)33-34-23(21)31-22(32-24)15-4-5-19(18(26)12-15)35-38-20-13-16(6-9-30-20)25(27,28)29/h4-6,9,12-13,17,35H,3,7-8,10-11H2,1-2H3,(H,31,32,33,34). The number of alkyl halides is 3. The molecule has 4 heterocycles. The molecule has 1 aliphatic heterocycles. The molecule has 0 atom stereocenters. The van der Waals surface area contributed by atoms with Crippen molar-refractivity contribution in [1.82, 2.24) is 30.0 Å². The summed E-state index contributed by atoms with van der Waals surface area (Å²) >= 11 is 7.44. The van der Waals surface area contributed by atoms with Gasteiger partial charge in [-0.25, -0.2) is 9.97 Å². The number of likely N-dealkylation sites (tertiary alicyclic amines) is 1. The van der Waals surface area contributed by atoms with Crippen molar-refractivity contribution >= 4 is 40.3 Å². The highest BCUT2D eigenvalue weighted by Gasteiger charge is 2.30. The lowest BCUT2D eigenvalue weighted by atomic mass is 10.1. The van der Waals surface area contributed by atoms with Crippen LogP contribution in [0.25, 0.3) is 22.4 Å². The number of aromatic amines is 1. The van der Waals surface area contributed by atoms with E-state index in [9.17, 15) is 13.2 Å².